The highest BCUT2D eigenvalue weighted by atomic mass is 16.5. The van der Waals surface area contributed by atoms with Gasteiger partial charge in [-0.15, -0.1) is 0 Å². The predicted molar refractivity (Wildman–Crippen MR) is 103 cm³/mol. The summed E-state index contributed by atoms with van der Waals surface area (Å²) in [4.78, 5) is 0. The molecule has 1 aliphatic heterocycles. The van der Waals surface area contributed by atoms with Crippen molar-refractivity contribution < 1.29 is 14.6 Å². The maximum Gasteiger partial charge on any atom is 0.161 e. The quantitative estimate of drug-likeness (QED) is 0.689. The first-order chi connectivity index (χ1) is 12.7. The summed E-state index contributed by atoms with van der Waals surface area (Å²) in [5, 5.41) is 13.9. The van der Waals surface area contributed by atoms with Gasteiger partial charge >= 0.3 is 0 Å². The second-order valence-electron chi connectivity index (χ2n) is 6.46. The largest absolute Gasteiger partial charge is 0.508 e. The van der Waals surface area contributed by atoms with Crippen LogP contribution in [0.15, 0.2) is 47.6 Å². The van der Waals surface area contributed by atoms with Gasteiger partial charge in [-0.1, -0.05) is 25.8 Å². The molecule has 5 heteroatoms. The molecular weight excluding hydrogens is 328 g/mol. The highest BCUT2D eigenvalue weighted by molar-refractivity contribution is 6.01. The molecule has 0 saturated carbocycles. The molecule has 3 rings (SSSR count). The van der Waals surface area contributed by atoms with Crippen LogP contribution in [0.5, 0.6) is 17.2 Å². The molecule has 0 aliphatic carbocycles. The Balaban J connectivity index is 1.65. The molecule has 5 nitrogen and oxygen atoms in total. The third kappa shape index (κ3) is 4.28. The molecule has 0 fully saturated rings. The maximum absolute atomic E-state index is 9.42. The van der Waals surface area contributed by atoms with Crippen molar-refractivity contribution >= 4 is 5.71 Å². The van der Waals surface area contributed by atoms with E-state index < -0.39 is 0 Å². The zero-order valence-electron chi connectivity index (χ0n) is 15.4. The summed E-state index contributed by atoms with van der Waals surface area (Å²) in [6.07, 6.45) is 4.18. The lowest BCUT2D eigenvalue weighted by Gasteiger charge is -2.15. The number of phenolic OH excluding ortho intramolecular Hbond substituents is 1. The lowest BCUT2D eigenvalue weighted by molar-refractivity contribution is 0.285. The average Bonchev–Trinajstić information content (AvgIpc) is 3.16. The van der Waals surface area contributed by atoms with Crippen LogP contribution >= 0.6 is 0 Å². The summed E-state index contributed by atoms with van der Waals surface area (Å²) in [6.45, 7) is 2.89. The molecule has 2 N–H and O–H groups in total. The Morgan fingerprint density at radius 3 is 2.65 bits per heavy atom. The van der Waals surface area contributed by atoms with Gasteiger partial charge in [0.05, 0.1) is 25.5 Å². The summed E-state index contributed by atoms with van der Waals surface area (Å²) >= 11 is 0. The Kier molecular flexibility index (Phi) is 6.00. The van der Waals surface area contributed by atoms with Gasteiger partial charge in [0.2, 0.25) is 0 Å². The van der Waals surface area contributed by atoms with Gasteiger partial charge in [-0.2, -0.15) is 5.10 Å². The van der Waals surface area contributed by atoms with Gasteiger partial charge in [-0.05, 0) is 53.9 Å². The Morgan fingerprint density at radius 1 is 1.12 bits per heavy atom. The minimum absolute atomic E-state index is 0.0989. The molecule has 1 aliphatic rings. The number of hydrogen-bond acceptors (Lipinski definition) is 5. The Hall–Kier alpha value is -2.69. The van der Waals surface area contributed by atoms with E-state index in [0.29, 0.717) is 6.61 Å². The van der Waals surface area contributed by atoms with E-state index >= 15 is 0 Å². The van der Waals surface area contributed by atoms with Crippen molar-refractivity contribution in [2.75, 3.05) is 13.7 Å². The smallest absolute Gasteiger partial charge is 0.161 e. The van der Waals surface area contributed by atoms with Crippen molar-refractivity contribution in [3.05, 3.63) is 53.6 Å². The summed E-state index contributed by atoms with van der Waals surface area (Å²) in [6, 6.07) is 13.3. The van der Waals surface area contributed by atoms with Crippen LogP contribution in [0.1, 0.15) is 49.8 Å². The Morgan fingerprint density at radius 2 is 1.92 bits per heavy atom. The van der Waals surface area contributed by atoms with E-state index in [1.54, 1.807) is 19.2 Å². The van der Waals surface area contributed by atoms with Crippen molar-refractivity contribution in [1.82, 2.24) is 5.43 Å². The number of methoxy groups -OCH3 is 1. The van der Waals surface area contributed by atoms with Crippen LogP contribution < -0.4 is 14.9 Å². The van der Waals surface area contributed by atoms with E-state index in [1.165, 1.54) is 12.8 Å². The van der Waals surface area contributed by atoms with Crippen LogP contribution in [0.3, 0.4) is 0 Å². The number of hydrogen-bond donors (Lipinski definition) is 2. The fourth-order valence-electron chi connectivity index (χ4n) is 3.02. The first-order valence-corrected chi connectivity index (χ1v) is 9.13. The number of rotatable bonds is 8. The number of aromatic hydroxyl groups is 1. The van der Waals surface area contributed by atoms with E-state index in [4.69, 9.17) is 9.47 Å². The summed E-state index contributed by atoms with van der Waals surface area (Å²) in [5.41, 5.74) is 6.30. The van der Waals surface area contributed by atoms with Crippen LogP contribution in [-0.4, -0.2) is 24.5 Å². The number of benzene rings is 2. The first kappa shape index (κ1) is 18.1. The second-order valence-corrected chi connectivity index (χ2v) is 6.46. The van der Waals surface area contributed by atoms with Crippen molar-refractivity contribution in [1.29, 1.82) is 0 Å². The number of ether oxygens (including phenoxy) is 2. The lowest BCUT2D eigenvalue weighted by atomic mass is 9.99. The summed E-state index contributed by atoms with van der Waals surface area (Å²) < 4.78 is 11.4. The standard InChI is InChI=1S/C21H26N2O3/c1-3-4-5-12-26-20-11-8-16(13-21(20)25-2)19-14-18(22-23-19)15-6-9-17(24)10-7-15/h6-11,13,19,23-24H,3-5,12,14H2,1-2H3. The number of nitrogens with zero attached hydrogens (tertiary/aromatic N) is 1. The molecule has 0 aromatic heterocycles. The fraction of sp³-hybridized carbons (Fsp3) is 0.381. The molecule has 1 unspecified atom stereocenters. The van der Waals surface area contributed by atoms with Crippen LogP contribution in [0, 0.1) is 0 Å². The molecule has 0 amide bonds. The number of nitrogens with one attached hydrogen (secondary N) is 1. The van der Waals surface area contributed by atoms with Gasteiger partial charge in [-0.25, -0.2) is 0 Å². The minimum Gasteiger partial charge on any atom is -0.508 e. The molecule has 2 aromatic carbocycles. The van der Waals surface area contributed by atoms with Crippen molar-refractivity contribution in [3.63, 3.8) is 0 Å². The number of unbranched alkanes of at least 4 members (excludes halogenated alkanes) is 2. The van der Waals surface area contributed by atoms with Crippen molar-refractivity contribution in [2.45, 2.75) is 38.6 Å². The molecule has 1 atom stereocenters. The molecule has 0 radical (unpaired) electrons. The predicted octanol–water partition coefficient (Wildman–Crippen LogP) is 4.41. The van der Waals surface area contributed by atoms with Crippen LogP contribution in [0.4, 0.5) is 0 Å². The van der Waals surface area contributed by atoms with Crippen LogP contribution in [0.2, 0.25) is 0 Å². The van der Waals surface area contributed by atoms with E-state index in [1.807, 2.05) is 24.3 Å². The summed E-state index contributed by atoms with van der Waals surface area (Å²) in [7, 11) is 1.67. The topological polar surface area (TPSA) is 63.1 Å². The molecule has 1 heterocycles. The second kappa shape index (κ2) is 8.61. The molecule has 26 heavy (non-hydrogen) atoms. The van der Waals surface area contributed by atoms with Gasteiger partial charge < -0.3 is 20.0 Å². The number of hydrazone groups is 1. The van der Waals surface area contributed by atoms with Gasteiger partial charge in [0.25, 0.3) is 0 Å². The zero-order chi connectivity index (χ0) is 18.4. The van der Waals surface area contributed by atoms with E-state index in [0.717, 1.165) is 41.2 Å². The molecule has 0 spiro atoms. The molecule has 0 bridgehead atoms. The van der Waals surface area contributed by atoms with Crippen molar-refractivity contribution in [2.24, 2.45) is 5.10 Å². The van der Waals surface area contributed by atoms with E-state index in [9.17, 15) is 5.11 Å². The Labute approximate surface area is 154 Å². The Bertz CT molecular complexity index is 756. The highest BCUT2D eigenvalue weighted by Crippen LogP contribution is 2.33. The maximum atomic E-state index is 9.42. The van der Waals surface area contributed by atoms with Crippen molar-refractivity contribution in [3.8, 4) is 17.2 Å². The molecule has 2 aromatic rings. The molecule has 138 valence electrons. The van der Waals surface area contributed by atoms with Crippen LogP contribution in [0.25, 0.3) is 0 Å². The highest BCUT2D eigenvalue weighted by Gasteiger charge is 2.22. The minimum atomic E-state index is 0.0989. The van der Waals surface area contributed by atoms with E-state index in [2.05, 4.69) is 23.5 Å². The SMILES string of the molecule is CCCCCOc1ccc(C2CC(c3ccc(O)cc3)=NN2)cc1OC. The van der Waals surface area contributed by atoms with Gasteiger partial charge in [0.1, 0.15) is 5.75 Å². The summed E-state index contributed by atoms with van der Waals surface area (Å²) in [5.74, 6) is 1.79. The van der Waals surface area contributed by atoms with Gasteiger partial charge in [-0.3, -0.25) is 0 Å². The molecular formula is C21H26N2O3. The van der Waals surface area contributed by atoms with Gasteiger partial charge in [0.15, 0.2) is 11.5 Å². The third-order valence-electron chi connectivity index (χ3n) is 4.55. The third-order valence-corrected chi connectivity index (χ3v) is 4.55. The average molecular weight is 354 g/mol. The van der Waals surface area contributed by atoms with E-state index in [-0.39, 0.29) is 11.8 Å². The normalized spacial score (nSPS) is 16.1. The first-order valence-electron chi connectivity index (χ1n) is 9.13. The van der Waals surface area contributed by atoms with Gasteiger partial charge in [0, 0.05) is 6.42 Å². The fourth-order valence-corrected chi connectivity index (χ4v) is 3.02. The van der Waals surface area contributed by atoms with Crippen LogP contribution in [-0.2, 0) is 0 Å². The number of phenols is 1. The molecule has 0 saturated heterocycles. The monoisotopic (exact) mass is 354 g/mol. The lowest BCUT2D eigenvalue weighted by Crippen LogP contribution is -2.10. The zero-order valence-corrected chi connectivity index (χ0v) is 15.4.